The summed E-state index contributed by atoms with van der Waals surface area (Å²) < 4.78 is 4.74. The van der Waals surface area contributed by atoms with Crippen molar-refractivity contribution >= 4 is 23.0 Å². The van der Waals surface area contributed by atoms with Crippen LogP contribution in [0.25, 0.3) is 11.1 Å². The maximum Gasteiger partial charge on any atom is 0.350 e. The fourth-order valence-corrected chi connectivity index (χ4v) is 2.91. The topological polar surface area (TPSA) is 65.2 Å². The first-order valence-corrected chi connectivity index (χ1v) is 6.40. The Morgan fingerprint density at radius 1 is 1.56 bits per heavy atom. The Balaban J connectivity index is 2.60. The Kier molecular flexibility index (Phi) is 3.62. The standard InChI is InChI=1S/C13H14N2O2S/c1-3-9-10(8-5-4-6-15-7-8)11(14)12(18-9)13(16)17-2/h4-7H,3,14H2,1-2H3. The molecule has 0 saturated heterocycles. The monoisotopic (exact) mass is 262 g/mol. The van der Waals surface area contributed by atoms with Crippen molar-refractivity contribution in [3.63, 3.8) is 0 Å². The molecule has 4 nitrogen and oxygen atoms in total. The van der Waals surface area contributed by atoms with Gasteiger partial charge < -0.3 is 10.5 Å². The number of esters is 1. The summed E-state index contributed by atoms with van der Waals surface area (Å²) in [6.07, 6.45) is 4.27. The second-order valence-corrected chi connectivity index (χ2v) is 4.84. The number of ether oxygens (including phenoxy) is 1. The Bertz CT molecular complexity index is 564. The molecule has 94 valence electrons. The van der Waals surface area contributed by atoms with E-state index in [-0.39, 0.29) is 5.97 Å². The van der Waals surface area contributed by atoms with E-state index >= 15 is 0 Å². The van der Waals surface area contributed by atoms with Crippen LogP contribution in [0, 0.1) is 0 Å². The van der Waals surface area contributed by atoms with Gasteiger partial charge in [-0.25, -0.2) is 4.79 Å². The number of methoxy groups -OCH3 is 1. The molecule has 0 radical (unpaired) electrons. The fourth-order valence-electron chi connectivity index (χ4n) is 1.81. The van der Waals surface area contributed by atoms with E-state index in [4.69, 9.17) is 10.5 Å². The second kappa shape index (κ2) is 5.18. The minimum absolute atomic E-state index is 0.387. The number of rotatable bonds is 3. The molecule has 0 bridgehead atoms. The van der Waals surface area contributed by atoms with Gasteiger partial charge in [0.25, 0.3) is 0 Å². The lowest BCUT2D eigenvalue weighted by Gasteiger charge is -2.03. The molecule has 2 rings (SSSR count). The molecule has 18 heavy (non-hydrogen) atoms. The molecule has 0 spiro atoms. The van der Waals surface area contributed by atoms with E-state index in [0.717, 1.165) is 22.4 Å². The lowest BCUT2D eigenvalue weighted by molar-refractivity contribution is 0.0607. The maximum atomic E-state index is 11.6. The number of anilines is 1. The van der Waals surface area contributed by atoms with Crippen molar-refractivity contribution in [1.82, 2.24) is 4.98 Å². The summed E-state index contributed by atoms with van der Waals surface area (Å²) in [5, 5.41) is 0. The van der Waals surface area contributed by atoms with Crippen LogP contribution in [0.4, 0.5) is 5.69 Å². The Morgan fingerprint density at radius 3 is 2.89 bits per heavy atom. The quantitative estimate of drug-likeness (QED) is 0.864. The van der Waals surface area contributed by atoms with Crippen LogP contribution in [-0.2, 0) is 11.2 Å². The molecular formula is C13H14N2O2S. The van der Waals surface area contributed by atoms with E-state index in [1.165, 1.54) is 18.4 Å². The predicted octanol–water partition coefficient (Wildman–Crippen LogP) is 2.74. The third kappa shape index (κ3) is 2.09. The number of carbonyl (C=O) groups excluding carboxylic acids is 1. The van der Waals surface area contributed by atoms with Crippen molar-refractivity contribution in [2.45, 2.75) is 13.3 Å². The van der Waals surface area contributed by atoms with Gasteiger partial charge in [-0.3, -0.25) is 4.98 Å². The van der Waals surface area contributed by atoms with E-state index in [2.05, 4.69) is 4.98 Å². The molecule has 0 atom stereocenters. The van der Waals surface area contributed by atoms with Gasteiger partial charge >= 0.3 is 5.97 Å². The fraction of sp³-hybridized carbons (Fsp3) is 0.231. The van der Waals surface area contributed by atoms with Crippen LogP contribution in [0.5, 0.6) is 0 Å². The van der Waals surface area contributed by atoms with Gasteiger partial charge in [0.1, 0.15) is 4.88 Å². The molecular weight excluding hydrogens is 248 g/mol. The summed E-state index contributed by atoms with van der Waals surface area (Å²) in [6.45, 7) is 2.03. The number of carbonyl (C=O) groups is 1. The Morgan fingerprint density at radius 2 is 2.33 bits per heavy atom. The van der Waals surface area contributed by atoms with Crippen molar-refractivity contribution in [2.24, 2.45) is 0 Å². The first-order chi connectivity index (χ1) is 8.69. The number of hydrogen-bond donors (Lipinski definition) is 1. The van der Waals surface area contributed by atoms with Gasteiger partial charge in [0.15, 0.2) is 0 Å². The number of aromatic nitrogens is 1. The maximum absolute atomic E-state index is 11.6. The normalized spacial score (nSPS) is 10.3. The molecule has 0 unspecified atom stereocenters. The summed E-state index contributed by atoms with van der Waals surface area (Å²) in [5.74, 6) is -0.387. The first-order valence-electron chi connectivity index (χ1n) is 5.58. The zero-order chi connectivity index (χ0) is 13.1. The predicted molar refractivity (Wildman–Crippen MR) is 72.7 cm³/mol. The smallest absolute Gasteiger partial charge is 0.350 e. The van der Waals surface area contributed by atoms with Gasteiger partial charge in [0, 0.05) is 28.4 Å². The summed E-state index contributed by atoms with van der Waals surface area (Å²) in [4.78, 5) is 17.3. The van der Waals surface area contributed by atoms with Crippen molar-refractivity contribution in [3.05, 3.63) is 34.3 Å². The highest BCUT2D eigenvalue weighted by molar-refractivity contribution is 7.15. The average Bonchev–Trinajstić information content (AvgIpc) is 2.75. The minimum Gasteiger partial charge on any atom is -0.465 e. The minimum atomic E-state index is -0.387. The van der Waals surface area contributed by atoms with Crippen LogP contribution in [0.2, 0.25) is 0 Å². The Hall–Kier alpha value is -1.88. The van der Waals surface area contributed by atoms with E-state index in [0.29, 0.717) is 10.6 Å². The number of nitrogen functional groups attached to an aromatic ring is 1. The highest BCUT2D eigenvalue weighted by Gasteiger charge is 2.21. The highest BCUT2D eigenvalue weighted by atomic mass is 32.1. The first kappa shape index (κ1) is 12.6. The van der Waals surface area contributed by atoms with Gasteiger partial charge in [-0.1, -0.05) is 13.0 Å². The Labute approximate surface area is 109 Å². The molecule has 2 heterocycles. The van der Waals surface area contributed by atoms with Crippen LogP contribution in [0.15, 0.2) is 24.5 Å². The zero-order valence-corrected chi connectivity index (χ0v) is 11.1. The molecule has 0 saturated carbocycles. The number of pyridine rings is 1. The largest absolute Gasteiger partial charge is 0.465 e. The van der Waals surface area contributed by atoms with Gasteiger partial charge in [-0.15, -0.1) is 11.3 Å². The summed E-state index contributed by atoms with van der Waals surface area (Å²) in [6, 6.07) is 3.79. The van der Waals surface area contributed by atoms with Crippen LogP contribution < -0.4 is 5.73 Å². The number of nitrogens with two attached hydrogens (primary N) is 1. The number of hydrogen-bond acceptors (Lipinski definition) is 5. The van der Waals surface area contributed by atoms with Crippen LogP contribution in [0.1, 0.15) is 21.5 Å². The van der Waals surface area contributed by atoms with Crippen molar-refractivity contribution in [1.29, 1.82) is 0 Å². The van der Waals surface area contributed by atoms with Gasteiger partial charge in [-0.05, 0) is 12.5 Å². The van der Waals surface area contributed by atoms with Crippen LogP contribution in [0.3, 0.4) is 0 Å². The molecule has 0 aliphatic carbocycles. The molecule has 5 heteroatoms. The summed E-state index contributed by atoms with van der Waals surface area (Å²) in [7, 11) is 1.36. The lowest BCUT2D eigenvalue weighted by atomic mass is 10.1. The van der Waals surface area contributed by atoms with E-state index in [9.17, 15) is 4.79 Å². The average molecular weight is 262 g/mol. The zero-order valence-electron chi connectivity index (χ0n) is 10.3. The SMILES string of the molecule is CCc1sc(C(=O)OC)c(N)c1-c1cccnc1. The third-order valence-corrected chi connectivity index (χ3v) is 3.99. The van der Waals surface area contributed by atoms with Crippen LogP contribution >= 0.6 is 11.3 Å². The van der Waals surface area contributed by atoms with Crippen molar-refractivity contribution in [2.75, 3.05) is 12.8 Å². The van der Waals surface area contributed by atoms with Gasteiger partial charge in [0.05, 0.1) is 12.8 Å². The molecule has 2 aromatic rings. The van der Waals surface area contributed by atoms with E-state index in [1.54, 1.807) is 12.4 Å². The lowest BCUT2D eigenvalue weighted by Crippen LogP contribution is -2.02. The van der Waals surface area contributed by atoms with Crippen molar-refractivity contribution < 1.29 is 9.53 Å². The molecule has 2 N–H and O–H groups in total. The van der Waals surface area contributed by atoms with Gasteiger partial charge in [-0.2, -0.15) is 0 Å². The number of thiophene rings is 1. The summed E-state index contributed by atoms with van der Waals surface area (Å²) in [5.41, 5.74) is 8.38. The highest BCUT2D eigenvalue weighted by Crippen LogP contribution is 2.39. The number of nitrogens with zero attached hydrogens (tertiary/aromatic N) is 1. The molecule has 0 aromatic carbocycles. The summed E-state index contributed by atoms with van der Waals surface area (Å²) >= 11 is 1.39. The molecule has 0 amide bonds. The van der Waals surface area contributed by atoms with Crippen LogP contribution in [-0.4, -0.2) is 18.1 Å². The number of aryl methyl sites for hydroxylation is 1. The van der Waals surface area contributed by atoms with Crippen molar-refractivity contribution in [3.8, 4) is 11.1 Å². The third-order valence-electron chi connectivity index (χ3n) is 2.66. The second-order valence-electron chi connectivity index (χ2n) is 3.73. The van der Waals surface area contributed by atoms with Gasteiger partial charge in [0.2, 0.25) is 0 Å². The molecule has 0 aliphatic rings. The molecule has 0 fully saturated rings. The molecule has 0 aliphatic heterocycles. The van der Waals surface area contributed by atoms with E-state index < -0.39 is 0 Å². The van der Waals surface area contributed by atoms with E-state index in [1.807, 2.05) is 19.1 Å². The molecule has 2 aromatic heterocycles.